The van der Waals surface area contributed by atoms with Crippen LogP contribution in [0.4, 0.5) is 0 Å². The molecule has 0 atom stereocenters. The van der Waals surface area contributed by atoms with Crippen LogP contribution in [0.1, 0.15) is 36.7 Å². The van der Waals surface area contributed by atoms with Gasteiger partial charge in [0.1, 0.15) is 0 Å². The van der Waals surface area contributed by atoms with Crippen molar-refractivity contribution < 1.29 is 4.79 Å². The van der Waals surface area contributed by atoms with Gasteiger partial charge in [-0.1, -0.05) is 72.9 Å². The van der Waals surface area contributed by atoms with E-state index in [1.54, 1.807) is 12.1 Å². The highest BCUT2D eigenvalue weighted by Gasteiger charge is 2.41. The van der Waals surface area contributed by atoms with Gasteiger partial charge in [-0.15, -0.1) is 0 Å². The molecule has 0 aromatic heterocycles. The topological polar surface area (TPSA) is 17.1 Å². The SMILES string of the molecule is CC(=O)c1ccc(C(C)(C)C(Cl)(Cl)Cl)cc1. The van der Waals surface area contributed by atoms with E-state index < -0.39 is 9.21 Å². The van der Waals surface area contributed by atoms with Gasteiger partial charge in [0.2, 0.25) is 0 Å². The molecule has 0 aliphatic carbocycles. The number of halogens is 3. The monoisotopic (exact) mass is 278 g/mol. The van der Waals surface area contributed by atoms with Crippen molar-refractivity contribution in [2.75, 3.05) is 0 Å². The molecule has 16 heavy (non-hydrogen) atoms. The summed E-state index contributed by atoms with van der Waals surface area (Å²) < 4.78 is -1.38. The van der Waals surface area contributed by atoms with Crippen molar-refractivity contribution in [1.82, 2.24) is 0 Å². The predicted molar refractivity (Wildman–Crippen MR) is 69.8 cm³/mol. The average molecular weight is 280 g/mol. The Balaban J connectivity index is 3.11. The van der Waals surface area contributed by atoms with E-state index in [9.17, 15) is 4.79 Å². The Kier molecular flexibility index (Phi) is 3.94. The molecule has 0 fully saturated rings. The van der Waals surface area contributed by atoms with E-state index in [4.69, 9.17) is 34.8 Å². The van der Waals surface area contributed by atoms with Gasteiger partial charge in [-0.3, -0.25) is 4.79 Å². The van der Waals surface area contributed by atoms with Crippen LogP contribution in [0.3, 0.4) is 0 Å². The fourth-order valence-corrected chi connectivity index (χ4v) is 1.61. The summed E-state index contributed by atoms with van der Waals surface area (Å²) in [5.74, 6) is 0.0261. The molecular formula is C12H13Cl3O. The molecule has 0 saturated carbocycles. The number of Topliss-reactive ketones (excluding diaryl/α,β-unsaturated/α-hetero) is 1. The van der Waals surface area contributed by atoms with Crippen LogP contribution in [0, 0.1) is 0 Å². The minimum absolute atomic E-state index is 0.0261. The molecule has 1 aromatic rings. The van der Waals surface area contributed by atoms with Crippen molar-refractivity contribution in [2.24, 2.45) is 0 Å². The summed E-state index contributed by atoms with van der Waals surface area (Å²) in [7, 11) is 0. The third kappa shape index (κ3) is 2.71. The lowest BCUT2D eigenvalue weighted by atomic mass is 9.85. The molecule has 0 heterocycles. The first-order chi connectivity index (χ1) is 7.16. The highest BCUT2D eigenvalue weighted by atomic mass is 35.6. The third-order valence-electron chi connectivity index (χ3n) is 2.72. The molecule has 0 N–H and O–H groups in total. The molecule has 0 unspecified atom stereocenters. The summed E-state index contributed by atoms with van der Waals surface area (Å²) in [6.07, 6.45) is 0. The lowest BCUT2D eigenvalue weighted by Gasteiger charge is -2.32. The van der Waals surface area contributed by atoms with Crippen molar-refractivity contribution in [3.63, 3.8) is 0 Å². The van der Waals surface area contributed by atoms with Crippen LogP contribution in [0.25, 0.3) is 0 Å². The van der Waals surface area contributed by atoms with Gasteiger partial charge in [0.15, 0.2) is 9.58 Å². The van der Waals surface area contributed by atoms with Crippen LogP contribution in [0.15, 0.2) is 24.3 Å². The normalized spacial score (nSPS) is 12.6. The number of hydrogen-bond donors (Lipinski definition) is 0. The summed E-state index contributed by atoms with van der Waals surface area (Å²) in [6.45, 7) is 5.22. The number of hydrogen-bond acceptors (Lipinski definition) is 1. The van der Waals surface area contributed by atoms with E-state index >= 15 is 0 Å². The standard InChI is InChI=1S/C12H13Cl3O/c1-8(16)9-4-6-10(7-5-9)11(2,3)12(13,14)15/h4-7H,1-3H3. The van der Waals surface area contributed by atoms with Gasteiger partial charge in [0.05, 0.1) is 0 Å². The molecule has 0 saturated heterocycles. The largest absolute Gasteiger partial charge is 0.295 e. The van der Waals surface area contributed by atoms with Crippen molar-refractivity contribution >= 4 is 40.6 Å². The van der Waals surface area contributed by atoms with E-state index in [1.807, 2.05) is 26.0 Å². The summed E-state index contributed by atoms with van der Waals surface area (Å²) in [5.41, 5.74) is 0.939. The van der Waals surface area contributed by atoms with Gasteiger partial charge >= 0.3 is 0 Å². The summed E-state index contributed by atoms with van der Waals surface area (Å²) in [4.78, 5) is 11.1. The quantitative estimate of drug-likeness (QED) is 0.574. The van der Waals surface area contributed by atoms with E-state index in [2.05, 4.69) is 0 Å². The van der Waals surface area contributed by atoms with Crippen LogP contribution < -0.4 is 0 Å². The molecule has 1 rings (SSSR count). The zero-order valence-electron chi connectivity index (χ0n) is 9.35. The molecule has 0 amide bonds. The summed E-state index contributed by atoms with van der Waals surface area (Å²) in [6, 6.07) is 7.13. The molecule has 1 aromatic carbocycles. The third-order valence-corrected chi connectivity index (χ3v) is 4.14. The van der Waals surface area contributed by atoms with Crippen molar-refractivity contribution in [3.05, 3.63) is 35.4 Å². The molecule has 0 aliphatic rings. The van der Waals surface area contributed by atoms with E-state index in [-0.39, 0.29) is 5.78 Å². The van der Waals surface area contributed by atoms with Gasteiger partial charge in [-0.2, -0.15) is 0 Å². The van der Waals surface area contributed by atoms with Gasteiger partial charge in [-0.25, -0.2) is 0 Å². The van der Waals surface area contributed by atoms with E-state index in [0.717, 1.165) is 5.56 Å². The Morgan fingerprint density at radius 1 is 1.06 bits per heavy atom. The van der Waals surface area contributed by atoms with E-state index in [1.165, 1.54) is 6.92 Å². The maximum Gasteiger partial charge on any atom is 0.199 e. The number of rotatable bonds is 2. The zero-order valence-corrected chi connectivity index (χ0v) is 11.6. The molecule has 1 nitrogen and oxygen atoms in total. The maximum atomic E-state index is 11.1. The minimum atomic E-state index is -1.38. The maximum absolute atomic E-state index is 11.1. The van der Waals surface area contributed by atoms with Crippen LogP contribution in [0.2, 0.25) is 0 Å². The Morgan fingerprint density at radius 3 is 1.81 bits per heavy atom. The molecule has 0 bridgehead atoms. The number of carbonyl (C=O) groups excluding carboxylic acids is 1. The number of alkyl halides is 3. The van der Waals surface area contributed by atoms with Crippen molar-refractivity contribution in [3.8, 4) is 0 Å². The highest BCUT2D eigenvalue weighted by Crippen LogP contribution is 2.46. The summed E-state index contributed by atoms with van der Waals surface area (Å²) >= 11 is 17.8. The molecule has 0 radical (unpaired) electrons. The second-order valence-electron chi connectivity index (χ2n) is 4.26. The summed E-state index contributed by atoms with van der Waals surface area (Å²) in [5, 5.41) is 0. The molecule has 0 aliphatic heterocycles. The first-order valence-electron chi connectivity index (χ1n) is 4.84. The number of carbonyl (C=O) groups is 1. The van der Waals surface area contributed by atoms with Crippen LogP contribution in [-0.2, 0) is 5.41 Å². The molecule has 0 spiro atoms. The lowest BCUT2D eigenvalue weighted by Crippen LogP contribution is -2.33. The Bertz CT molecular complexity index is 388. The molecular weight excluding hydrogens is 266 g/mol. The van der Waals surface area contributed by atoms with Crippen molar-refractivity contribution in [1.29, 1.82) is 0 Å². The van der Waals surface area contributed by atoms with Gasteiger partial charge < -0.3 is 0 Å². The Hall–Kier alpha value is -0.240. The second kappa shape index (κ2) is 4.56. The van der Waals surface area contributed by atoms with Crippen LogP contribution in [0.5, 0.6) is 0 Å². The lowest BCUT2D eigenvalue weighted by molar-refractivity contribution is 0.101. The van der Waals surface area contributed by atoms with Crippen molar-refractivity contribution in [2.45, 2.75) is 30.0 Å². The first kappa shape index (κ1) is 13.8. The van der Waals surface area contributed by atoms with Gasteiger partial charge in [-0.05, 0) is 12.5 Å². The zero-order chi connectivity index (χ0) is 12.6. The Labute approximate surface area is 111 Å². The smallest absolute Gasteiger partial charge is 0.199 e. The van der Waals surface area contributed by atoms with Gasteiger partial charge in [0, 0.05) is 11.0 Å². The number of ketones is 1. The van der Waals surface area contributed by atoms with Crippen LogP contribution in [-0.4, -0.2) is 9.58 Å². The highest BCUT2D eigenvalue weighted by molar-refractivity contribution is 6.68. The Morgan fingerprint density at radius 2 is 1.50 bits per heavy atom. The molecule has 88 valence electrons. The predicted octanol–water partition coefficient (Wildman–Crippen LogP) is 4.54. The van der Waals surface area contributed by atoms with Gasteiger partial charge in [0.25, 0.3) is 0 Å². The average Bonchev–Trinajstić information content (AvgIpc) is 2.16. The first-order valence-corrected chi connectivity index (χ1v) is 5.98. The fraction of sp³-hybridized carbons (Fsp3) is 0.417. The van der Waals surface area contributed by atoms with E-state index in [0.29, 0.717) is 5.56 Å². The number of benzene rings is 1. The fourth-order valence-electron chi connectivity index (χ4n) is 1.29. The molecule has 4 heteroatoms. The van der Waals surface area contributed by atoms with Crippen LogP contribution >= 0.6 is 34.8 Å². The second-order valence-corrected chi connectivity index (χ2v) is 6.54. The minimum Gasteiger partial charge on any atom is -0.295 e.